The van der Waals surface area contributed by atoms with Crippen LogP contribution in [0.3, 0.4) is 0 Å². The van der Waals surface area contributed by atoms with Crippen LogP contribution in [0, 0.1) is 0 Å². The first-order valence-electron chi connectivity index (χ1n) is 8.73. The fourth-order valence-corrected chi connectivity index (χ4v) is 2.91. The van der Waals surface area contributed by atoms with E-state index in [1.54, 1.807) is 6.21 Å². The molecule has 0 atom stereocenters. The molecule has 0 fully saturated rings. The maximum Gasteiger partial charge on any atom is 0.222 e. The quantitative estimate of drug-likeness (QED) is 0.384. The highest BCUT2D eigenvalue weighted by Crippen LogP contribution is 2.27. The average Bonchev–Trinajstić information content (AvgIpc) is 3.10. The predicted octanol–water partition coefficient (Wildman–Crippen LogP) is 4.95. The molecule has 0 aliphatic carbocycles. The van der Waals surface area contributed by atoms with Crippen LogP contribution in [0.5, 0.6) is 5.75 Å². The van der Waals surface area contributed by atoms with Gasteiger partial charge in [-0.2, -0.15) is 5.10 Å². The van der Waals surface area contributed by atoms with E-state index >= 15 is 0 Å². The van der Waals surface area contributed by atoms with Crippen LogP contribution >= 0.6 is 0 Å². The lowest BCUT2D eigenvalue weighted by Gasteiger charge is -2.11. The normalized spacial score (nSPS) is 11.4. The first-order valence-corrected chi connectivity index (χ1v) is 8.73. The molecule has 0 radical (unpaired) electrons. The number of ether oxygens (including phenoxy) is 1. The summed E-state index contributed by atoms with van der Waals surface area (Å²) in [4.78, 5) is 7.67. The molecule has 0 aliphatic heterocycles. The van der Waals surface area contributed by atoms with E-state index in [1.165, 1.54) is 0 Å². The Labute approximate surface area is 151 Å². The van der Waals surface area contributed by atoms with Crippen molar-refractivity contribution in [2.45, 2.75) is 13.3 Å². The number of nitrogens with zero attached hydrogens (tertiary/aromatic N) is 2. The van der Waals surface area contributed by atoms with E-state index in [0.717, 1.165) is 39.5 Å². The highest BCUT2D eigenvalue weighted by molar-refractivity contribution is 6.02. The van der Waals surface area contributed by atoms with E-state index in [2.05, 4.69) is 45.6 Å². The van der Waals surface area contributed by atoms with Gasteiger partial charge >= 0.3 is 0 Å². The fourth-order valence-electron chi connectivity index (χ4n) is 2.91. The van der Waals surface area contributed by atoms with Crippen molar-refractivity contribution in [1.82, 2.24) is 9.97 Å². The molecule has 2 N–H and O–H groups in total. The highest BCUT2D eigenvalue weighted by Gasteiger charge is 2.07. The monoisotopic (exact) mass is 344 g/mol. The Morgan fingerprint density at radius 3 is 2.81 bits per heavy atom. The summed E-state index contributed by atoms with van der Waals surface area (Å²) in [5, 5.41) is 6.64. The molecule has 5 heteroatoms. The summed E-state index contributed by atoms with van der Waals surface area (Å²) in [7, 11) is 0. The SMILES string of the molecule is CCCOc1ccc2ccccc2c1/C=N/Nc1nc2ccccc2[nH]1. The smallest absolute Gasteiger partial charge is 0.222 e. The summed E-state index contributed by atoms with van der Waals surface area (Å²) in [6, 6.07) is 20.2. The number of hydrogen-bond donors (Lipinski definition) is 2. The van der Waals surface area contributed by atoms with E-state index in [-0.39, 0.29) is 0 Å². The predicted molar refractivity (Wildman–Crippen MR) is 107 cm³/mol. The van der Waals surface area contributed by atoms with Crippen LogP contribution in [0.25, 0.3) is 21.8 Å². The second kappa shape index (κ2) is 7.27. The highest BCUT2D eigenvalue weighted by atomic mass is 16.5. The number of benzene rings is 3. The molecule has 0 saturated carbocycles. The summed E-state index contributed by atoms with van der Waals surface area (Å²) in [6.45, 7) is 2.77. The zero-order valence-electron chi connectivity index (χ0n) is 14.6. The van der Waals surface area contributed by atoms with Gasteiger partial charge in [-0.05, 0) is 35.4 Å². The molecular weight excluding hydrogens is 324 g/mol. The summed E-state index contributed by atoms with van der Waals surface area (Å²) in [5.74, 6) is 1.44. The zero-order chi connectivity index (χ0) is 17.8. The van der Waals surface area contributed by atoms with Crippen molar-refractivity contribution in [3.63, 3.8) is 0 Å². The lowest BCUT2D eigenvalue weighted by atomic mass is 10.0. The van der Waals surface area contributed by atoms with Gasteiger partial charge in [-0.3, -0.25) is 0 Å². The Bertz CT molecular complexity index is 1030. The van der Waals surface area contributed by atoms with Crippen LogP contribution in [0.1, 0.15) is 18.9 Å². The summed E-state index contributed by atoms with van der Waals surface area (Å²) >= 11 is 0. The molecule has 5 nitrogen and oxygen atoms in total. The third-order valence-electron chi connectivity index (χ3n) is 4.15. The van der Waals surface area contributed by atoms with Crippen LogP contribution in [0.15, 0.2) is 65.8 Å². The van der Waals surface area contributed by atoms with Gasteiger partial charge < -0.3 is 9.72 Å². The Balaban J connectivity index is 1.64. The van der Waals surface area contributed by atoms with E-state index < -0.39 is 0 Å². The first-order chi connectivity index (χ1) is 12.8. The van der Waals surface area contributed by atoms with Crippen molar-refractivity contribution in [2.75, 3.05) is 12.0 Å². The number of aromatic nitrogens is 2. The van der Waals surface area contributed by atoms with Crippen LogP contribution < -0.4 is 10.2 Å². The van der Waals surface area contributed by atoms with Gasteiger partial charge in [0.2, 0.25) is 5.95 Å². The molecule has 4 rings (SSSR count). The Kier molecular flexibility index (Phi) is 4.51. The molecule has 0 spiro atoms. The van der Waals surface area contributed by atoms with E-state index in [0.29, 0.717) is 12.6 Å². The molecular formula is C21H20N4O. The maximum absolute atomic E-state index is 5.90. The third-order valence-corrected chi connectivity index (χ3v) is 4.15. The van der Waals surface area contributed by atoms with E-state index in [4.69, 9.17) is 4.74 Å². The second-order valence-electron chi connectivity index (χ2n) is 6.02. The van der Waals surface area contributed by atoms with Crippen LogP contribution in [-0.2, 0) is 0 Å². The van der Waals surface area contributed by atoms with Crippen LogP contribution in [-0.4, -0.2) is 22.8 Å². The summed E-state index contributed by atoms with van der Waals surface area (Å²) in [6.07, 6.45) is 2.75. The molecule has 0 aliphatic rings. The number of nitrogens with one attached hydrogen (secondary N) is 2. The van der Waals surface area contributed by atoms with E-state index in [9.17, 15) is 0 Å². The Morgan fingerprint density at radius 2 is 1.92 bits per heavy atom. The molecule has 0 unspecified atom stereocenters. The summed E-state index contributed by atoms with van der Waals surface area (Å²) in [5.41, 5.74) is 5.82. The Hall–Kier alpha value is -3.34. The molecule has 1 aromatic heterocycles. The largest absolute Gasteiger partial charge is 0.493 e. The van der Waals surface area contributed by atoms with Gasteiger partial charge in [-0.1, -0.05) is 49.4 Å². The number of imidazole rings is 1. The van der Waals surface area contributed by atoms with Crippen molar-refractivity contribution in [3.8, 4) is 5.75 Å². The average molecular weight is 344 g/mol. The number of hydrogen-bond acceptors (Lipinski definition) is 4. The van der Waals surface area contributed by atoms with Crippen molar-refractivity contribution >= 4 is 34.0 Å². The molecule has 130 valence electrons. The number of fused-ring (bicyclic) bond motifs is 2. The fraction of sp³-hybridized carbons (Fsp3) is 0.143. The van der Waals surface area contributed by atoms with Crippen LogP contribution in [0.2, 0.25) is 0 Å². The number of hydrazone groups is 1. The number of para-hydroxylation sites is 2. The van der Waals surface area contributed by atoms with Gasteiger partial charge in [0.15, 0.2) is 0 Å². The lowest BCUT2D eigenvalue weighted by molar-refractivity contribution is 0.317. The second-order valence-corrected chi connectivity index (χ2v) is 6.02. The zero-order valence-corrected chi connectivity index (χ0v) is 14.6. The number of H-pyrrole nitrogens is 1. The van der Waals surface area contributed by atoms with Crippen molar-refractivity contribution < 1.29 is 4.74 Å². The van der Waals surface area contributed by atoms with Crippen molar-refractivity contribution in [1.29, 1.82) is 0 Å². The van der Waals surface area contributed by atoms with Gasteiger partial charge in [0.25, 0.3) is 0 Å². The minimum atomic E-state index is 0.610. The topological polar surface area (TPSA) is 62.3 Å². The molecule has 0 amide bonds. The molecule has 0 saturated heterocycles. The van der Waals surface area contributed by atoms with E-state index in [1.807, 2.05) is 42.5 Å². The van der Waals surface area contributed by atoms with Gasteiger partial charge in [0.1, 0.15) is 5.75 Å². The number of aromatic amines is 1. The van der Waals surface area contributed by atoms with Gasteiger partial charge in [-0.25, -0.2) is 10.4 Å². The molecule has 4 aromatic rings. The summed E-state index contributed by atoms with van der Waals surface area (Å²) < 4.78 is 5.90. The molecule has 3 aromatic carbocycles. The third kappa shape index (κ3) is 3.24. The first kappa shape index (κ1) is 16.1. The maximum atomic E-state index is 5.90. The molecule has 1 heterocycles. The standard InChI is InChI=1S/C21H20N4O/c1-2-13-26-20-12-11-15-7-3-4-8-16(15)17(20)14-22-25-21-23-18-9-5-6-10-19(18)24-21/h3-12,14H,2,13H2,1H3,(H2,23,24,25)/b22-14+. The molecule has 0 bridgehead atoms. The molecule has 26 heavy (non-hydrogen) atoms. The minimum absolute atomic E-state index is 0.610. The Morgan fingerprint density at radius 1 is 1.08 bits per heavy atom. The van der Waals surface area contributed by atoms with Gasteiger partial charge in [0, 0.05) is 5.56 Å². The van der Waals surface area contributed by atoms with Crippen LogP contribution in [0.4, 0.5) is 5.95 Å². The number of rotatable bonds is 6. The number of anilines is 1. The lowest BCUT2D eigenvalue weighted by Crippen LogP contribution is -2.00. The van der Waals surface area contributed by atoms with Gasteiger partial charge in [0.05, 0.1) is 23.9 Å². The van der Waals surface area contributed by atoms with Gasteiger partial charge in [-0.15, -0.1) is 0 Å². The van der Waals surface area contributed by atoms with Crippen molar-refractivity contribution in [3.05, 3.63) is 66.2 Å². The van der Waals surface area contributed by atoms with Crippen molar-refractivity contribution in [2.24, 2.45) is 5.10 Å². The minimum Gasteiger partial charge on any atom is -0.493 e.